The van der Waals surface area contributed by atoms with Gasteiger partial charge in [0.1, 0.15) is 0 Å². The Balaban J connectivity index is 2.02. The van der Waals surface area contributed by atoms with Gasteiger partial charge < -0.3 is 15.2 Å². The van der Waals surface area contributed by atoms with E-state index in [4.69, 9.17) is 10.6 Å². The molecule has 112 valence electrons. The molecule has 8 nitrogen and oxygen atoms in total. The Morgan fingerprint density at radius 1 is 1.30 bits per heavy atom. The fraction of sp³-hybridized carbons (Fsp3) is 0.750. The first-order chi connectivity index (χ1) is 9.58. The lowest BCUT2D eigenvalue weighted by Gasteiger charge is -2.16. The summed E-state index contributed by atoms with van der Waals surface area (Å²) in [6, 6.07) is 0.220. The van der Waals surface area contributed by atoms with Crippen LogP contribution in [0.15, 0.2) is 0 Å². The largest absolute Gasteiger partial charge is 0.461 e. The van der Waals surface area contributed by atoms with Crippen molar-refractivity contribution in [3.8, 4) is 6.01 Å². The number of nitrogens with two attached hydrogens (primary N) is 1. The van der Waals surface area contributed by atoms with Gasteiger partial charge in [0.25, 0.3) is 0 Å². The van der Waals surface area contributed by atoms with Crippen molar-refractivity contribution < 1.29 is 9.84 Å². The highest BCUT2D eigenvalue weighted by atomic mass is 16.5. The fourth-order valence-electron chi connectivity index (χ4n) is 2.24. The van der Waals surface area contributed by atoms with Crippen molar-refractivity contribution >= 4 is 11.9 Å². The highest BCUT2D eigenvalue weighted by molar-refractivity contribution is 5.35. The Bertz CT molecular complexity index is 442. The maximum absolute atomic E-state index is 9.79. The molecule has 0 spiro atoms. The molecule has 5 N–H and O–H groups in total. The number of anilines is 2. The minimum Gasteiger partial charge on any atom is -0.461 e. The zero-order valence-electron chi connectivity index (χ0n) is 11.8. The van der Waals surface area contributed by atoms with Gasteiger partial charge >= 0.3 is 6.01 Å². The van der Waals surface area contributed by atoms with Crippen LogP contribution in [0.2, 0.25) is 0 Å². The average Bonchev–Trinajstić information content (AvgIpc) is 2.81. The third-order valence-corrected chi connectivity index (χ3v) is 3.23. The van der Waals surface area contributed by atoms with Crippen LogP contribution in [0, 0.1) is 5.92 Å². The summed E-state index contributed by atoms with van der Waals surface area (Å²) in [7, 11) is 0. The van der Waals surface area contributed by atoms with Gasteiger partial charge in [0.2, 0.25) is 11.9 Å². The summed E-state index contributed by atoms with van der Waals surface area (Å²) >= 11 is 0. The van der Waals surface area contributed by atoms with E-state index in [9.17, 15) is 5.11 Å². The minimum atomic E-state index is -0.247. The summed E-state index contributed by atoms with van der Waals surface area (Å²) in [4.78, 5) is 12.3. The number of aromatic nitrogens is 3. The van der Waals surface area contributed by atoms with Gasteiger partial charge in [-0.1, -0.05) is 6.42 Å². The van der Waals surface area contributed by atoms with E-state index in [2.05, 4.69) is 25.7 Å². The van der Waals surface area contributed by atoms with E-state index in [1.54, 1.807) is 0 Å². The number of nitrogen functional groups attached to an aromatic ring is 1. The van der Waals surface area contributed by atoms with Crippen LogP contribution < -0.4 is 21.3 Å². The molecule has 0 radical (unpaired) electrons. The summed E-state index contributed by atoms with van der Waals surface area (Å²) in [6.07, 6.45) is 2.65. The number of hydrazine groups is 1. The lowest BCUT2D eigenvalue weighted by atomic mass is 10.1. The Morgan fingerprint density at radius 3 is 2.65 bits per heavy atom. The molecule has 20 heavy (non-hydrogen) atoms. The molecule has 1 aliphatic carbocycles. The molecule has 0 bridgehead atoms. The van der Waals surface area contributed by atoms with Crippen molar-refractivity contribution in [1.82, 2.24) is 15.0 Å². The molecular weight excluding hydrogens is 260 g/mol. The molecule has 0 saturated heterocycles. The van der Waals surface area contributed by atoms with Gasteiger partial charge in [-0.3, -0.25) is 5.43 Å². The van der Waals surface area contributed by atoms with Crippen LogP contribution in [0.4, 0.5) is 11.9 Å². The average molecular weight is 282 g/mol. The van der Waals surface area contributed by atoms with E-state index >= 15 is 0 Å². The number of rotatable bonds is 6. The first-order valence-electron chi connectivity index (χ1n) is 6.89. The second kappa shape index (κ2) is 6.67. The predicted octanol–water partition coefficient (Wildman–Crippen LogP) is 0.517. The summed E-state index contributed by atoms with van der Waals surface area (Å²) in [5.74, 6) is 6.20. The predicted molar refractivity (Wildman–Crippen MR) is 75.2 cm³/mol. The highest BCUT2D eigenvalue weighted by Crippen LogP contribution is 2.25. The molecule has 1 aromatic heterocycles. The quantitative estimate of drug-likeness (QED) is 0.440. The molecule has 2 unspecified atom stereocenters. The van der Waals surface area contributed by atoms with Crippen LogP contribution in [0.5, 0.6) is 6.01 Å². The van der Waals surface area contributed by atoms with E-state index in [-0.39, 0.29) is 30.1 Å². The van der Waals surface area contributed by atoms with Gasteiger partial charge in [-0.15, -0.1) is 0 Å². The number of aliphatic hydroxyl groups excluding tert-OH is 1. The number of hydrogen-bond acceptors (Lipinski definition) is 8. The summed E-state index contributed by atoms with van der Waals surface area (Å²) in [5, 5.41) is 12.9. The first kappa shape index (κ1) is 14.7. The van der Waals surface area contributed by atoms with Gasteiger partial charge in [0, 0.05) is 12.5 Å². The van der Waals surface area contributed by atoms with Crippen molar-refractivity contribution in [3.05, 3.63) is 0 Å². The van der Waals surface area contributed by atoms with Gasteiger partial charge in [-0.2, -0.15) is 15.0 Å². The molecular formula is C12H22N6O2. The molecule has 0 amide bonds. The number of aliphatic hydroxyl groups is 1. The van der Waals surface area contributed by atoms with Crippen LogP contribution in [-0.2, 0) is 0 Å². The van der Waals surface area contributed by atoms with Crippen LogP contribution >= 0.6 is 0 Å². The van der Waals surface area contributed by atoms with E-state index in [0.717, 1.165) is 19.3 Å². The van der Waals surface area contributed by atoms with Crippen molar-refractivity contribution in [2.24, 2.45) is 11.8 Å². The Kier molecular flexibility index (Phi) is 4.91. The van der Waals surface area contributed by atoms with Gasteiger partial charge in [-0.25, -0.2) is 5.84 Å². The Morgan fingerprint density at radius 2 is 2.05 bits per heavy atom. The molecule has 1 aliphatic rings. The van der Waals surface area contributed by atoms with Crippen molar-refractivity contribution in [1.29, 1.82) is 0 Å². The van der Waals surface area contributed by atoms with E-state index in [0.29, 0.717) is 12.5 Å². The first-order valence-corrected chi connectivity index (χ1v) is 6.89. The number of hydrogen-bond donors (Lipinski definition) is 4. The van der Waals surface area contributed by atoms with Crippen molar-refractivity contribution in [2.75, 3.05) is 17.3 Å². The molecule has 2 rings (SSSR count). The van der Waals surface area contributed by atoms with E-state index in [1.807, 2.05) is 13.8 Å². The number of nitrogens with zero attached hydrogens (tertiary/aromatic N) is 3. The molecule has 0 aliphatic heterocycles. The minimum absolute atomic E-state index is 0.0347. The monoisotopic (exact) mass is 282 g/mol. The smallest absolute Gasteiger partial charge is 0.323 e. The number of ether oxygens (including phenoxy) is 1. The molecule has 1 fully saturated rings. The zero-order chi connectivity index (χ0) is 14.5. The molecule has 0 aromatic carbocycles. The molecule has 2 atom stereocenters. The van der Waals surface area contributed by atoms with E-state index in [1.165, 1.54) is 0 Å². The second-order valence-corrected chi connectivity index (χ2v) is 5.22. The molecule has 1 heterocycles. The topological polar surface area (TPSA) is 118 Å². The Hall–Kier alpha value is -1.67. The van der Waals surface area contributed by atoms with Gasteiger partial charge in [0.05, 0.1) is 12.2 Å². The van der Waals surface area contributed by atoms with E-state index < -0.39 is 0 Å². The van der Waals surface area contributed by atoms with Crippen LogP contribution in [0.1, 0.15) is 33.1 Å². The standard InChI is InChI=1S/C12H22N6O2/c1-7(2)20-12-16-10(15-11(17-12)18-13)14-6-8-4-3-5-9(8)19/h7-9,19H,3-6,13H2,1-2H3,(H2,14,15,16,17,18). The third-order valence-electron chi connectivity index (χ3n) is 3.23. The number of nitrogens with one attached hydrogen (secondary N) is 2. The molecule has 1 saturated carbocycles. The maximum atomic E-state index is 9.79. The van der Waals surface area contributed by atoms with Crippen molar-refractivity contribution in [3.63, 3.8) is 0 Å². The molecule has 8 heteroatoms. The van der Waals surface area contributed by atoms with Crippen LogP contribution in [-0.4, -0.2) is 38.8 Å². The third kappa shape index (κ3) is 3.91. The lowest BCUT2D eigenvalue weighted by Crippen LogP contribution is -2.23. The maximum Gasteiger partial charge on any atom is 0.323 e. The zero-order valence-corrected chi connectivity index (χ0v) is 11.8. The van der Waals surface area contributed by atoms with Crippen LogP contribution in [0.3, 0.4) is 0 Å². The van der Waals surface area contributed by atoms with Gasteiger partial charge in [-0.05, 0) is 26.7 Å². The fourth-order valence-corrected chi connectivity index (χ4v) is 2.24. The van der Waals surface area contributed by atoms with Crippen LogP contribution in [0.25, 0.3) is 0 Å². The SMILES string of the molecule is CC(C)Oc1nc(NN)nc(NCC2CCCC2O)n1. The second-order valence-electron chi connectivity index (χ2n) is 5.22. The Labute approximate surface area is 118 Å². The lowest BCUT2D eigenvalue weighted by molar-refractivity contribution is 0.138. The highest BCUT2D eigenvalue weighted by Gasteiger charge is 2.25. The summed E-state index contributed by atoms with van der Waals surface area (Å²) < 4.78 is 5.44. The van der Waals surface area contributed by atoms with Gasteiger partial charge in [0.15, 0.2) is 0 Å². The summed E-state index contributed by atoms with van der Waals surface area (Å²) in [5.41, 5.74) is 2.39. The normalized spacial score (nSPS) is 22.1. The van der Waals surface area contributed by atoms with Crippen molar-refractivity contribution in [2.45, 2.75) is 45.3 Å². The summed E-state index contributed by atoms with van der Waals surface area (Å²) in [6.45, 7) is 4.40. The molecule has 1 aromatic rings.